The Balaban J connectivity index is 1.65. The van der Waals surface area contributed by atoms with E-state index >= 15 is 0 Å². The van der Waals surface area contributed by atoms with E-state index in [0.29, 0.717) is 5.92 Å². The van der Waals surface area contributed by atoms with Gasteiger partial charge in [0.05, 0.1) is 18.0 Å². The standard InChI is InChI=1S/C17H25N3O/c1-15(2)9-12-21-13-10-18-14-16-8-11-20(19-16)17-6-4-3-5-7-17/h3-8,11,15,18H,9-10,12-14H2,1-2H3. The van der Waals surface area contributed by atoms with Gasteiger partial charge in [0.15, 0.2) is 0 Å². The van der Waals surface area contributed by atoms with Crippen molar-refractivity contribution in [3.05, 3.63) is 48.3 Å². The molecule has 0 unspecified atom stereocenters. The quantitative estimate of drug-likeness (QED) is 0.721. The molecule has 1 aromatic carbocycles. The Bertz CT molecular complexity index is 508. The SMILES string of the molecule is CC(C)CCOCCNCc1ccn(-c2ccccc2)n1. The molecule has 0 bridgehead atoms. The first kappa shape index (κ1) is 15.7. The van der Waals surface area contributed by atoms with Crippen molar-refractivity contribution < 1.29 is 4.74 Å². The topological polar surface area (TPSA) is 39.1 Å². The molecule has 4 nitrogen and oxygen atoms in total. The molecule has 0 saturated carbocycles. The number of nitrogens with one attached hydrogen (secondary N) is 1. The van der Waals surface area contributed by atoms with Crippen molar-refractivity contribution in [1.82, 2.24) is 15.1 Å². The highest BCUT2D eigenvalue weighted by Gasteiger charge is 2.00. The lowest BCUT2D eigenvalue weighted by atomic mass is 10.1. The smallest absolute Gasteiger partial charge is 0.0766 e. The van der Waals surface area contributed by atoms with Crippen LogP contribution in [0.2, 0.25) is 0 Å². The summed E-state index contributed by atoms with van der Waals surface area (Å²) in [7, 11) is 0. The van der Waals surface area contributed by atoms with Gasteiger partial charge in [-0.3, -0.25) is 0 Å². The second kappa shape index (κ2) is 8.60. The summed E-state index contributed by atoms with van der Waals surface area (Å²) < 4.78 is 7.47. The van der Waals surface area contributed by atoms with Crippen LogP contribution in [0.4, 0.5) is 0 Å². The van der Waals surface area contributed by atoms with Gasteiger partial charge in [0.25, 0.3) is 0 Å². The maximum Gasteiger partial charge on any atom is 0.0766 e. The van der Waals surface area contributed by atoms with Crippen molar-refractivity contribution in [2.75, 3.05) is 19.8 Å². The first-order valence-electron chi connectivity index (χ1n) is 7.64. The average Bonchev–Trinajstić information content (AvgIpc) is 2.96. The van der Waals surface area contributed by atoms with Gasteiger partial charge in [-0.05, 0) is 30.5 Å². The van der Waals surface area contributed by atoms with E-state index in [-0.39, 0.29) is 0 Å². The number of ether oxygens (including phenoxy) is 1. The molecule has 0 aliphatic rings. The monoisotopic (exact) mass is 287 g/mol. The van der Waals surface area contributed by atoms with Gasteiger partial charge in [0.1, 0.15) is 0 Å². The Morgan fingerprint density at radius 1 is 1.14 bits per heavy atom. The van der Waals surface area contributed by atoms with Gasteiger partial charge in [-0.2, -0.15) is 5.10 Å². The Kier molecular flexibility index (Phi) is 6.44. The van der Waals surface area contributed by atoms with Crippen LogP contribution in [0.1, 0.15) is 26.0 Å². The third-order valence-electron chi connectivity index (χ3n) is 3.23. The maximum atomic E-state index is 5.57. The molecule has 114 valence electrons. The Labute approximate surface area is 127 Å². The molecule has 1 heterocycles. The molecule has 0 aliphatic heterocycles. The summed E-state index contributed by atoms with van der Waals surface area (Å²) in [5.74, 6) is 0.708. The largest absolute Gasteiger partial charge is 0.380 e. The van der Waals surface area contributed by atoms with Gasteiger partial charge >= 0.3 is 0 Å². The summed E-state index contributed by atoms with van der Waals surface area (Å²) in [5, 5.41) is 7.90. The molecule has 0 saturated heterocycles. The molecule has 4 heteroatoms. The summed E-state index contributed by atoms with van der Waals surface area (Å²) in [6.07, 6.45) is 3.12. The normalized spacial score (nSPS) is 11.2. The molecule has 1 N–H and O–H groups in total. The van der Waals surface area contributed by atoms with Crippen molar-refractivity contribution in [1.29, 1.82) is 0 Å². The highest BCUT2D eigenvalue weighted by Crippen LogP contribution is 2.06. The summed E-state index contributed by atoms with van der Waals surface area (Å²) in [4.78, 5) is 0. The second-order valence-corrected chi connectivity index (χ2v) is 5.56. The fourth-order valence-corrected chi connectivity index (χ4v) is 1.96. The fraction of sp³-hybridized carbons (Fsp3) is 0.471. The highest BCUT2D eigenvalue weighted by molar-refractivity contribution is 5.30. The van der Waals surface area contributed by atoms with Gasteiger partial charge in [-0.25, -0.2) is 4.68 Å². The second-order valence-electron chi connectivity index (χ2n) is 5.56. The number of rotatable bonds is 9. The molecule has 0 amide bonds. The number of nitrogens with zero attached hydrogens (tertiary/aromatic N) is 2. The lowest BCUT2D eigenvalue weighted by molar-refractivity contribution is 0.125. The fourth-order valence-electron chi connectivity index (χ4n) is 1.96. The van der Waals surface area contributed by atoms with E-state index < -0.39 is 0 Å². The van der Waals surface area contributed by atoms with E-state index in [4.69, 9.17) is 4.74 Å². The van der Waals surface area contributed by atoms with Crippen LogP contribution in [0.15, 0.2) is 42.6 Å². The van der Waals surface area contributed by atoms with Crippen LogP contribution >= 0.6 is 0 Å². The van der Waals surface area contributed by atoms with Crippen LogP contribution in [-0.2, 0) is 11.3 Å². The van der Waals surface area contributed by atoms with Gasteiger partial charge in [0, 0.05) is 25.9 Å². The summed E-state index contributed by atoms with van der Waals surface area (Å²) in [6, 6.07) is 12.2. The van der Waals surface area contributed by atoms with Crippen LogP contribution in [0.3, 0.4) is 0 Å². The predicted octanol–water partition coefficient (Wildman–Crippen LogP) is 3.02. The molecule has 1 aromatic heterocycles. The maximum absolute atomic E-state index is 5.57. The van der Waals surface area contributed by atoms with Crippen molar-refractivity contribution >= 4 is 0 Å². The highest BCUT2D eigenvalue weighted by atomic mass is 16.5. The summed E-state index contributed by atoms with van der Waals surface area (Å²) in [6.45, 7) is 7.66. The van der Waals surface area contributed by atoms with E-state index in [2.05, 4.69) is 24.3 Å². The van der Waals surface area contributed by atoms with E-state index in [1.54, 1.807) is 0 Å². The van der Waals surface area contributed by atoms with Crippen LogP contribution in [0.25, 0.3) is 5.69 Å². The van der Waals surface area contributed by atoms with E-state index in [9.17, 15) is 0 Å². The van der Waals surface area contributed by atoms with Gasteiger partial charge in [-0.15, -0.1) is 0 Å². The van der Waals surface area contributed by atoms with Crippen molar-refractivity contribution in [2.45, 2.75) is 26.8 Å². The molecule has 0 aliphatic carbocycles. The third-order valence-corrected chi connectivity index (χ3v) is 3.23. The zero-order chi connectivity index (χ0) is 14.9. The Morgan fingerprint density at radius 2 is 1.95 bits per heavy atom. The number of benzene rings is 1. The van der Waals surface area contributed by atoms with Gasteiger partial charge < -0.3 is 10.1 Å². The minimum atomic E-state index is 0.708. The lowest BCUT2D eigenvalue weighted by Crippen LogP contribution is -2.20. The van der Waals surface area contributed by atoms with Crippen LogP contribution in [-0.4, -0.2) is 29.5 Å². The third kappa shape index (κ3) is 5.69. The number of hydrogen-bond acceptors (Lipinski definition) is 3. The number of para-hydroxylation sites is 1. The molecule has 0 spiro atoms. The first-order chi connectivity index (χ1) is 10.3. The molecule has 21 heavy (non-hydrogen) atoms. The predicted molar refractivity (Wildman–Crippen MR) is 85.5 cm³/mol. The average molecular weight is 287 g/mol. The number of aromatic nitrogens is 2. The van der Waals surface area contributed by atoms with Gasteiger partial charge in [-0.1, -0.05) is 32.0 Å². The number of hydrogen-bond donors (Lipinski definition) is 1. The van der Waals surface area contributed by atoms with Crippen molar-refractivity contribution in [3.8, 4) is 5.69 Å². The van der Waals surface area contributed by atoms with E-state index in [0.717, 1.165) is 44.1 Å². The van der Waals surface area contributed by atoms with Crippen LogP contribution in [0, 0.1) is 5.92 Å². The molecular formula is C17H25N3O. The molecule has 0 radical (unpaired) electrons. The van der Waals surface area contributed by atoms with E-state index in [1.165, 1.54) is 0 Å². The zero-order valence-corrected chi connectivity index (χ0v) is 13.0. The summed E-state index contributed by atoms with van der Waals surface area (Å²) in [5.41, 5.74) is 2.13. The zero-order valence-electron chi connectivity index (χ0n) is 13.0. The molecule has 0 fully saturated rings. The minimum absolute atomic E-state index is 0.708. The molecule has 0 atom stereocenters. The minimum Gasteiger partial charge on any atom is -0.380 e. The lowest BCUT2D eigenvalue weighted by Gasteiger charge is -2.06. The summed E-state index contributed by atoms with van der Waals surface area (Å²) >= 11 is 0. The molecular weight excluding hydrogens is 262 g/mol. The van der Waals surface area contributed by atoms with Crippen molar-refractivity contribution in [2.24, 2.45) is 5.92 Å². The first-order valence-corrected chi connectivity index (χ1v) is 7.64. The Morgan fingerprint density at radius 3 is 2.71 bits per heavy atom. The molecule has 2 aromatic rings. The van der Waals surface area contributed by atoms with Crippen LogP contribution in [0.5, 0.6) is 0 Å². The van der Waals surface area contributed by atoms with Gasteiger partial charge in [0.2, 0.25) is 0 Å². The van der Waals surface area contributed by atoms with E-state index in [1.807, 2.05) is 47.3 Å². The molecule has 2 rings (SSSR count). The van der Waals surface area contributed by atoms with Crippen molar-refractivity contribution in [3.63, 3.8) is 0 Å². The van der Waals surface area contributed by atoms with Crippen LogP contribution < -0.4 is 5.32 Å². The Hall–Kier alpha value is -1.65.